The molecule has 0 heterocycles. The van der Waals surface area contributed by atoms with Crippen LogP contribution in [0.25, 0.3) is 0 Å². The quantitative estimate of drug-likeness (QED) is 0.620. The first-order valence-corrected chi connectivity index (χ1v) is 3.48. The van der Waals surface area contributed by atoms with Crippen molar-refractivity contribution in [2.45, 2.75) is 20.3 Å². The molecule has 0 rings (SSSR count). The molecule has 0 saturated heterocycles. The molecular weight excluding hydrogens is 138 g/mol. The molecule has 0 atom stereocenters. The molecule has 0 aromatic heterocycles. The van der Waals surface area contributed by atoms with Crippen molar-refractivity contribution in [3.05, 3.63) is 0 Å². The molecule has 0 aromatic rings. The van der Waals surface area contributed by atoms with Crippen LogP contribution >= 0.6 is 0 Å². The van der Waals surface area contributed by atoms with Crippen LogP contribution in [-0.4, -0.2) is 5.71 Å². The number of nitriles is 2. The van der Waals surface area contributed by atoms with Gasteiger partial charge in [0.2, 0.25) is 0 Å². The maximum Gasteiger partial charge on any atom is 0.170 e. The summed E-state index contributed by atoms with van der Waals surface area (Å²) in [6.07, 6.45) is 0.534. The Balaban J connectivity index is 4.06. The number of nitrogens with one attached hydrogen (secondary N) is 1. The van der Waals surface area contributed by atoms with Gasteiger partial charge >= 0.3 is 0 Å². The van der Waals surface area contributed by atoms with Crippen LogP contribution in [0.5, 0.6) is 0 Å². The van der Waals surface area contributed by atoms with Crippen LogP contribution in [0, 0.1) is 39.9 Å². The van der Waals surface area contributed by atoms with Crippen LogP contribution in [0.15, 0.2) is 0 Å². The van der Waals surface area contributed by atoms with Gasteiger partial charge in [0.1, 0.15) is 0 Å². The first-order chi connectivity index (χ1) is 5.11. The van der Waals surface area contributed by atoms with Gasteiger partial charge in [-0.05, 0) is 12.3 Å². The monoisotopic (exact) mass is 149 g/mol. The summed E-state index contributed by atoms with van der Waals surface area (Å²) in [7, 11) is 0. The van der Waals surface area contributed by atoms with Crippen LogP contribution in [0.3, 0.4) is 0 Å². The lowest BCUT2D eigenvalue weighted by Gasteiger charge is -2.05. The molecule has 0 aliphatic rings. The van der Waals surface area contributed by atoms with Gasteiger partial charge in [-0.3, -0.25) is 0 Å². The summed E-state index contributed by atoms with van der Waals surface area (Å²) in [4.78, 5) is 0. The molecule has 0 amide bonds. The third-order valence-electron chi connectivity index (χ3n) is 1.23. The minimum atomic E-state index is -0.850. The molecule has 0 aromatic carbocycles. The van der Waals surface area contributed by atoms with Crippen LogP contribution in [-0.2, 0) is 0 Å². The molecule has 0 aliphatic carbocycles. The van der Waals surface area contributed by atoms with Gasteiger partial charge in [0.05, 0.1) is 12.1 Å². The van der Waals surface area contributed by atoms with Gasteiger partial charge in [0, 0.05) is 5.71 Å². The zero-order chi connectivity index (χ0) is 8.85. The second kappa shape index (κ2) is 4.46. The molecule has 11 heavy (non-hydrogen) atoms. The minimum absolute atomic E-state index is 0.227. The number of hydrogen-bond acceptors (Lipinski definition) is 3. The SMILES string of the molecule is CC(C)CC(=N)C(C#N)C#N. The third-order valence-corrected chi connectivity index (χ3v) is 1.23. The smallest absolute Gasteiger partial charge is 0.170 e. The highest BCUT2D eigenvalue weighted by Gasteiger charge is 2.13. The molecule has 58 valence electrons. The van der Waals surface area contributed by atoms with E-state index in [0.29, 0.717) is 12.3 Å². The van der Waals surface area contributed by atoms with Crippen molar-refractivity contribution >= 4 is 5.71 Å². The largest absolute Gasteiger partial charge is 0.307 e. The summed E-state index contributed by atoms with van der Waals surface area (Å²) in [5.41, 5.74) is 0.227. The molecule has 3 nitrogen and oxygen atoms in total. The van der Waals surface area contributed by atoms with E-state index in [9.17, 15) is 0 Å². The maximum absolute atomic E-state index is 8.40. The number of hydrogen-bond donors (Lipinski definition) is 1. The van der Waals surface area contributed by atoms with Gasteiger partial charge in [-0.2, -0.15) is 10.5 Å². The van der Waals surface area contributed by atoms with E-state index in [4.69, 9.17) is 15.9 Å². The van der Waals surface area contributed by atoms with Crippen LogP contribution in [0.1, 0.15) is 20.3 Å². The lowest BCUT2D eigenvalue weighted by atomic mass is 9.98. The van der Waals surface area contributed by atoms with Crippen LogP contribution in [0.2, 0.25) is 0 Å². The molecule has 0 unspecified atom stereocenters. The molecular formula is C8H11N3. The lowest BCUT2D eigenvalue weighted by Crippen LogP contribution is -2.11. The van der Waals surface area contributed by atoms with Crippen LogP contribution < -0.4 is 0 Å². The van der Waals surface area contributed by atoms with Crippen molar-refractivity contribution in [1.82, 2.24) is 0 Å². The number of rotatable bonds is 3. The first kappa shape index (κ1) is 9.65. The Morgan fingerprint density at radius 1 is 1.36 bits per heavy atom. The highest BCUT2D eigenvalue weighted by molar-refractivity contribution is 5.88. The summed E-state index contributed by atoms with van der Waals surface area (Å²) in [6, 6.07) is 3.54. The Labute approximate surface area is 66.8 Å². The van der Waals surface area contributed by atoms with E-state index < -0.39 is 5.92 Å². The average molecular weight is 149 g/mol. The minimum Gasteiger partial charge on any atom is -0.307 e. The van der Waals surface area contributed by atoms with E-state index in [-0.39, 0.29) is 5.71 Å². The van der Waals surface area contributed by atoms with Crippen molar-refractivity contribution in [2.75, 3.05) is 0 Å². The molecule has 0 spiro atoms. The highest BCUT2D eigenvalue weighted by atomic mass is 14.5. The molecule has 0 bridgehead atoms. The van der Waals surface area contributed by atoms with E-state index in [1.807, 2.05) is 13.8 Å². The number of nitrogens with zero attached hydrogens (tertiary/aromatic N) is 2. The van der Waals surface area contributed by atoms with Gasteiger partial charge in [-0.1, -0.05) is 13.8 Å². The summed E-state index contributed by atoms with van der Waals surface area (Å²) in [5.74, 6) is -0.510. The molecule has 0 radical (unpaired) electrons. The summed E-state index contributed by atoms with van der Waals surface area (Å²) in [6.45, 7) is 3.92. The van der Waals surface area contributed by atoms with Crippen LogP contribution in [0.4, 0.5) is 0 Å². The van der Waals surface area contributed by atoms with Crippen molar-refractivity contribution < 1.29 is 0 Å². The fraction of sp³-hybridized carbons (Fsp3) is 0.625. The van der Waals surface area contributed by atoms with E-state index in [1.165, 1.54) is 0 Å². The average Bonchev–Trinajstić information content (AvgIpc) is 1.88. The lowest BCUT2D eigenvalue weighted by molar-refractivity contribution is 0.672. The van der Waals surface area contributed by atoms with E-state index >= 15 is 0 Å². The fourth-order valence-electron chi connectivity index (χ4n) is 0.742. The van der Waals surface area contributed by atoms with E-state index in [0.717, 1.165) is 0 Å². The van der Waals surface area contributed by atoms with Gasteiger partial charge in [-0.15, -0.1) is 0 Å². The molecule has 0 fully saturated rings. The Kier molecular flexibility index (Phi) is 3.92. The molecule has 0 aliphatic heterocycles. The molecule has 0 saturated carbocycles. The van der Waals surface area contributed by atoms with E-state index in [2.05, 4.69) is 0 Å². The van der Waals surface area contributed by atoms with Crippen molar-refractivity contribution in [3.8, 4) is 12.1 Å². The highest BCUT2D eigenvalue weighted by Crippen LogP contribution is 2.06. The normalized spacial score (nSPS) is 9.27. The molecule has 3 heteroatoms. The predicted octanol–water partition coefficient (Wildman–Crippen LogP) is 1.72. The third kappa shape index (κ3) is 3.37. The second-order valence-corrected chi connectivity index (χ2v) is 2.81. The van der Waals surface area contributed by atoms with Gasteiger partial charge < -0.3 is 5.41 Å². The first-order valence-electron chi connectivity index (χ1n) is 3.48. The van der Waals surface area contributed by atoms with Gasteiger partial charge in [-0.25, -0.2) is 0 Å². The Morgan fingerprint density at radius 3 is 2.09 bits per heavy atom. The maximum atomic E-state index is 8.40. The Hall–Kier alpha value is -1.35. The van der Waals surface area contributed by atoms with E-state index in [1.54, 1.807) is 12.1 Å². The van der Waals surface area contributed by atoms with Crippen molar-refractivity contribution in [1.29, 1.82) is 15.9 Å². The summed E-state index contributed by atoms with van der Waals surface area (Å²) in [5, 5.41) is 24.1. The van der Waals surface area contributed by atoms with Crippen molar-refractivity contribution in [3.63, 3.8) is 0 Å². The summed E-state index contributed by atoms with van der Waals surface area (Å²) >= 11 is 0. The fourth-order valence-corrected chi connectivity index (χ4v) is 0.742. The van der Waals surface area contributed by atoms with Gasteiger partial charge in [0.25, 0.3) is 0 Å². The Morgan fingerprint density at radius 2 is 1.82 bits per heavy atom. The van der Waals surface area contributed by atoms with Gasteiger partial charge in [0.15, 0.2) is 5.92 Å². The zero-order valence-electron chi connectivity index (χ0n) is 6.76. The standard InChI is InChI=1S/C8H11N3/c1-6(2)3-8(11)7(4-9)5-10/h6-7,11H,3H2,1-2H3. The Bertz CT molecular complexity index is 202. The zero-order valence-corrected chi connectivity index (χ0v) is 6.76. The summed E-state index contributed by atoms with van der Waals surface area (Å²) < 4.78 is 0. The molecule has 1 N–H and O–H groups in total. The topological polar surface area (TPSA) is 71.4 Å². The van der Waals surface area contributed by atoms with Crippen molar-refractivity contribution in [2.24, 2.45) is 11.8 Å². The predicted molar refractivity (Wildman–Crippen MR) is 41.9 cm³/mol. The second-order valence-electron chi connectivity index (χ2n) is 2.81.